The summed E-state index contributed by atoms with van der Waals surface area (Å²) in [6.45, 7) is 3.04. The number of carbonyl (C=O) groups is 1. The lowest BCUT2D eigenvalue weighted by Gasteiger charge is -2.14. The van der Waals surface area contributed by atoms with Crippen LogP contribution in [0.2, 0.25) is 0 Å². The Balaban J connectivity index is 1.37. The normalized spacial score (nSPS) is 25.8. The van der Waals surface area contributed by atoms with E-state index >= 15 is 0 Å². The van der Waals surface area contributed by atoms with Crippen molar-refractivity contribution in [3.63, 3.8) is 0 Å². The molecule has 0 spiro atoms. The largest absolute Gasteiger partial charge is 0.456 e. The predicted molar refractivity (Wildman–Crippen MR) is 92.6 cm³/mol. The van der Waals surface area contributed by atoms with Crippen LogP contribution < -0.4 is 0 Å². The summed E-state index contributed by atoms with van der Waals surface area (Å²) in [6.07, 6.45) is 4.84. The third kappa shape index (κ3) is 2.74. The number of amides is 1. The summed E-state index contributed by atoms with van der Waals surface area (Å²) in [4.78, 5) is 19.6. The number of H-pyrrole nitrogens is 1. The first kappa shape index (κ1) is 16.1. The van der Waals surface area contributed by atoms with Crippen LogP contribution >= 0.6 is 0 Å². The fourth-order valence-corrected chi connectivity index (χ4v) is 4.20. The van der Waals surface area contributed by atoms with E-state index < -0.39 is 0 Å². The van der Waals surface area contributed by atoms with Gasteiger partial charge in [-0.15, -0.1) is 0 Å². The van der Waals surface area contributed by atoms with Gasteiger partial charge in [-0.3, -0.25) is 9.89 Å². The molecule has 3 fully saturated rings. The number of carbonyl (C=O) groups excluding carboxylic acids is 1. The minimum Gasteiger partial charge on any atom is -0.456 e. The van der Waals surface area contributed by atoms with Crippen molar-refractivity contribution >= 4 is 5.91 Å². The zero-order chi connectivity index (χ0) is 17.8. The van der Waals surface area contributed by atoms with Gasteiger partial charge in [0.2, 0.25) is 0 Å². The monoisotopic (exact) mass is 356 g/mol. The molecule has 1 amide bonds. The Morgan fingerprint density at radius 2 is 2.15 bits per heavy atom. The molecule has 7 heteroatoms. The highest BCUT2D eigenvalue weighted by atomic mass is 16.4. The van der Waals surface area contributed by atoms with Crippen LogP contribution in [0.3, 0.4) is 0 Å². The number of aromatic nitrogens is 3. The summed E-state index contributed by atoms with van der Waals surface area (Å²) in [6, 6.07) is 1.66. The average Bonchev–Trinajstić information content (AvgIpc) is 3.55. The van der Waals surface area contributed by atoms with Gasteiger partial charge in [0.25, 0.3) is 5.91 Å². The predicted octanol–water partition coefficient (Wildman–Crippen LogP) is 2.34. The summed E-state index contributed by atoms with van der Waals surface area (Å²) in [5.74, 6) is 4.57. The fraction of sp³-hybridized carbons (Fsp3) is 0.632. The number of aliphatic hydroxyl groups is 1. The molecule has 7 nitrogen and oxygen atoms in total. The van der Waals surface area contributed by atoms with E-state index in [1.807, 2.05) is 4.90 Å². The van der Waals surface area contributed by atoms with Crippen LogP contribution in [0.25, 0.3) is 0 Å². The second-order valence-corrected chi connectivity index (χ2v) is 8.02. The molecule has 2 aromatic rings. The number of rotatable bonds is 5. The maximum absolute atomic E-state index is 12.9. The smallest absolute Gasteiger partial charge is 0.289 e. The quantitative estimate of drug-likeness (QED) is 0.857. The van der Waals surface area contributed by atoms with Crippen LogP contribution in [0, 0.1) is 18.8 Å². The lowest BCUT2D eigenvalue weighted by molar-refractivity contribution is 0.0751. The molecule has 0 bridgehead atoms. The highest BCUT2D eigenvalue weighted by molar-refractivity contribution is 5.92. The van der Waals surface area contributed by atoms with Crippen LogP contribution in [0.1, 0.15) is 71.0 Å². The second kappa shape index (κ2) is 5.94. The maximum Gasteiger partial charge on any atom is 0.289 e. The Labute approximate surface area is 151 Å². The van der Waals surface area contributed by atoms with Crippen molar-refractivity contribution in [3.05, 3.63) is 34.8 Å². The lowest BCUT2D eigenvalue weighted by atomic mass is 9.91. The van der Waals surface area contributed by atoms with E-state index in [1.54, 1.807) is 13.0 Å². The van der Waals surface area contributed by atoms with E-state index in [2.05, 4.69) is 10.2 Å². The highest BCUT2D eigenvalue weighted by Crippen LogP contribution is 2.47. The topological polar surface area (TPSA) is 95.3 Å². The van der Waals surface area contributed by atoms with Crippen molar-refractivity contribution in [2.24, 2.45) is 11.8 Å². The Bertz CT molecular complexity index is 834. The Kier molecular flexibility index (Phi) is 3.67. The molecule has 2 aromatic heterocycles. The molecule has 26 heavy (non-hydrogen) atoms. The first-order valence-electron chi connectivity index (χ1n) is 9.55. The summed E-state index contributed by atoms with van der Waals surface area (Å²) < 4.78 is 5.59. The van der Waals surface area contributed by atoms with E-state index in [1.165, 1.54) is 25.7 Å². The standard InChI is InChI=1S/C19H24N4O3/c1-10-13(9-24)6-16(26-10)19(25)23-7-14(11-2-3-11)15(8-23)18-20-17(21-22-18)12-4-5-12/h6,11-12,14-15,24H,2-5,7-9H2,1H3,(H,20,21,22)/t14-,15+/m1/s1. The molecular formula is C19H24N4O3. The Hall–Kier alpha value is -2.15. The van der Waals surface area contributed by atoms with Crippen molar-refractivity contribution in [2.45, 2.75) is 51.0 Å². The Morgan fingerprint density at radius 1 is 1.35 bits per heavy atom. The second-order valence-electron chi connectivity index (χ2n) is 8.02. The van der Waals surface area contributed by atoms with Gasteiger partial charge in [-0.25, -0.2) is 4.98 Å². The number of aliphatic hydroxyl groups excluding tert-OH is 1. The third-order valence-corrected chi connectivity index (χ3v) is 6.10. The first-order chi connectivity index (χ1) is 12.6. The number of aryl methyl sites for hydroxylation is 1. The summed E-state index contributed by atoms with van der Waals surface area (Å²) in [5.41, 5.74) is 0.673. The van der Waals surface area contributed by atoms with Crippen molar-refractivity contribution in [1.82, 2.24) is 20.1 Å². The van der Waals surface area contributed by atoms with Gasteiger partial charge in [0.15, 0.2) is 11.6 Å². The number of hydrogen-bond acceptors (Lipinski definition) is 5. The molecular weight excluding hydrogens is 332 g/mol. The summed E-state index contributed by atoms with van der Waals surface area (Å²) in [5, 5.41) is 16.9. The molecule has 1 saturated heterocycles. The summed E-state index contributed by atoms with van der Waals surface area (Å²) >= 11 is 0. The SMILES string of the molecule is Cc1oc(C(=O)N2C[C@H](c3nc(C4CC4)n[nH]3)[C@@H](C3CC3)C2)cc1CO. The van der Waals surface area contributed by atoms with E-state index in [4.69, 9.17) is 9.40 Å². The number of likely N-dealkylation sites (tertiary alicyclic amines) is 1. The Morgan fingerprint density at radius 3 is 2.81 bits per heavy atom. The molecule has 5 rings (SSSR count). The van der Waals surface area contributed by atoms with Gasteiger partial charge in [0.1, 0.15) is 11.6 Å². The molecule has 0 aromatic carbocycles. The van der Waals surface area contributed by atoms with Crippen LogP contribution in [-0.4, -0.2) is 44.2 Å². The van der Waals surface area contributed by atoms with Gasteiger partial charge in [-0.1, -0.05) is 0 Å². The van der Waals surface area contributed by atoms with Crippen molar-refractivity contribution in [2.75, 3.05) is 13.1 Å². The molecule has 3 aliphatic rings. The molecule has 138 valence electrons. The zero-order valence-electron chi connectivity index (χ0n) is 14.9. The molecule has 2 N–H and O–H groups in total. The van der Waals surface area contributed by atoms with E-state index in [0.29, 0.717) is 41.4 Å². The van der Waals surface area contributed by atoms with Crippen molar-refractivity contribution < 1.29 is 14.3 Å². The van der Waals surface area contributed by atoms with E-state index in [0.717, 1.165) is 18.2 Å². The van der Waals surface area contributed by atoms with Crippen LogP contribution in [0.4, 0.5) is 0 Å². The van der Waals surface area contributed by atoms with Crippen LogP contribution in [-0.2, 0) is 6.61 Å². The van der Waals surface area contributed by atoms with Gasteiger partial charge in [0.05, 0.1) is 6.61 Å². The molecule has 2 atom stereocenters. The minimum absolute atomic E-state index is 0.0946. The fourth-order valence-electron chi connectivity index (χ4n) is 4.20. The number of nitrogens with one attached hydrogen (secondary N) is 1. The zero-order valence-corrected chi connectivity index (χ0v) is 14.9. The third-order valence-electron chi connectivity index (χ3n) is 6.10. The van der Waals surface area contributed by atoms with E-state index in [9.17, 15) is 9.90 Å². The molecule has 2 aliphatic carbocycles. The number of hydrogen-bond donors (Lipinski definition) is 2. The number of nitrogens with zero attached hydrogens (tertiary/aromatic N) is 3. The molecule has 1 aliphatic heterocycles. The van der Waals surface area contributed by atoms with Gasteiger partial charge in [-0.05, 0) is 50.5 Å². The highest BCUT2D eigenvalue weighted by Gasteiger charge is 2.46. The van der Waals surface area contributed by atoms with E-state index in [-0.39, 0.29) is 18.4 Å². The van der Waals surface area contributed by atoms with Gasteiger partial charge >= 0.3 is 0 Å². The van der Waals surface area contributed by atoms with Crippen molar-refractivity contribution in [1.29, 1.82) is 0 Å². The molecule has 0 radical (unpaired) electrons. The van der Waals surface area contributed by atoms with Crippen LogP contribution in [0.5, 0.6) is 0 Å². The average molecular weight is 356 g/mol. The first-order valence-corrected chi connectivity index (χ1v) is 9.55. The van der Waals surface area contributed by atoms with Crippen LogP contribution in [0.15, 0.2) is 10.5 Å². The van der Waals surface area contributed by atoms with Gasteiger partial charge < -0.3 is 14.4 Å². The van der Waals surface area contributed by atoms with Crippen molar-refractivity contribution in [3.8, 4) is 0 Å². The van der Waals surface area contributed by atoms with Gasteiger partial charge in [-0.2, -0.15) is 5.10 Å². The molecule has 2 saturated carbocycles. The van der Waals surface area contributed by atoms with Gasteiger partial charge in [0, 0.05) is 30.5 Å². The number of aromatic amines is 1. The lowest BCUT2D eigenvalue weighted by Crippen LogP contribution is -2.28. The molecule has 3 heterocycles. The summed E-state index contributed by atoms with van der Waals surface area (Å²) in [7, 11) is 0. The number of furan rings is 1. The molecule has 0 unspecified atom stereocenters. The maximum atomic E-state index is 12.9. The minimum atomic E-state index is -0.113.